The van der Waals surface area contributed by atoms with Crippen LogP contribution in [0.2, 0.25) is 10.0 Å². The number of thiophene rings is 1. The number of carbonyl (C=O) groups is 2. The average Bonchev–Trinajstić information content (AvgIpc) is 3.32. The maximum absolute atomic E-state index is 12.9. The Labute approximate surface area is 199 Å². The second-order valence-electron chi connectivity index (χ2n) is 7.50. The minimum atomic E-state index is -0.223. The van der Waals surface area contributed by atoms with Crippen LogP contribution in [0.3, 0.4) is 0 Å². The van der Waals surface area contributed by atoms with Crippen molar-refractivity contribution in [1.82, 2.24) is 14.7 Å². The molecule has 4 rings (SSSR count). The van der Waals surface area contributed by atoms with Gasteiger partial charge in [-0.05, 0) is 49.4 Å². The molecule has 4 aromatic rings. The third-order valence-corrected chi connectivity index (χ3v) is 6.85. The van der Waals surface area contributed by atoms with Gasteiger partial charge in [-0.3, -0.25) is 9.59 Å². The van der Waals surface area contributed by atoms with Gasteiger partial charge in [0, 0.05) is 46.3 Å². The number of benzene rings is 2. The van der Waals surface area contributed by atoms with Gasteiger partial charge in [0.1, 0.15) is 4.83 Å². The Morgan fingerprint density at radius 3 is 2.38 bits per heavy atom. The molecular formula is C23H20Cl2N4O2S. The van der Waals surface area contributed by atoms with E-state index in [0.29, 0.717) is 32.7 Å². The molecule has 0 fully saturated rings. The minimum absolute atomic E-state index is 0.0916. The van der Waals surface area contributed by atoms with Crippen molar-refractivity contribution in [2.24, 2.45) is 0 Å². The van der Waals surface area contributed by atoms with Gasteiger partial charge in [-0.25, -0.2) is 4.68 Å². The first-order chi connectivity index (χ1) is 15.2. The third-order valence-electron chi connectivity index (χ3n) is 5.00. The maximum atomic E-state index is 12.9. The van der Waals surface area contributed by atoms with E-state index >= 15 is 0 Å². The first kappa shape index (κ1) is 22.3. The summed E-state index contributed by atoms with van der Waals surface area (Å²) in [7, 11) is 3.39. The van der Waals surface area contributed by atoms with Crippen LogP contribution in [0.15, 0.2) is 48.5 Å². The van der Waals surface area contributed by atoms with Crippen molar-refractivity contribution in [2.75, 3.05) is 19.4 Å². The largest absolute Gasteiger partial charge is 0.345 e. The van der Waals surface area contributed by atoms with Crippen molar-refractivity contribution in [2.45, 2.75) is 13.5 Å². The highest BCUT2D eigenvalue weighted by Crippen LogP contribution is 2.32. The molecule has 0 aliphatic carbocycles. The van der Waals surface area contributed by atoms with Crippen LogP contribution in [0.25, 0.3) is 10.2 Å². The molecule has 0 unspecified atom stereocenters. The van der Waals surface area contributed by atoms with Crippen molar-refractivity contribution in [3.05, 3.63) is 80.3 Å². The summed E-state index contributed by atoms with van der Waals surface area (Å²) in [6.07, 6.45) is 0. The number of hydrogen-bond acceptors (Lipinski definition) is 4. The van der Waals surface area contributed by atoms with Crippen LogP contribution < -0.4 is 5.32 Å². The number of anilines is 1. The summed E-state index contributed by atoms with van der Waals surface area (Å²) >= 11 is 14.0. The smallest absolute Gasteiger partial charge is 0.265 e. The number of carbonyl (C=O) groups excluding carboxylic acids is 2. The molecule has 2 aromatic heterocycles. The molecule has 0 radical (unpaired) electrons. The summed E-state index contributed by atoms with van der Waals surface area (Å²) < 4.78 is 1.82. The van der Waals surface area contributed by atoms with Gasteiger partial charge in [0.2, 0.25) is 0 Å². The fourth-order valence-electron chi connectivity index (χ4n) is 3.31. The highest BCUT2D eigenvalue weighted by Gasteiger charge is 2.18. The van der Waals surface area contributed by atoms with Gasteiger partial charge in [-0.2, -0.15) is 5.10 Å². The van der Waals surface area contributed by atoms with Crippen LogP contribution in [0.5, 0.6) is 0 Å². The molecule has 2 heterocycles. The molecule has 1 N–H and O–H groups in total. The highest BCUT2D eigenvalue weighted by molar-refractivity contribution is 7.20. The van der Waals surface area contributed by atoms with E-state index in [9.17, 15) is 9.59 Å². The van der Waals surface area contributed by atoms with E-state index in [1.807, 2.05) is 17.7 Å². The number of amides is 2. The SMILES string of the molecule is Cc1nn(Cc2c(Cl)cccc2Cl)c2sc(C(=O)Nc3ccc(C(=O)N(C)C)cc3)cc12. The fraction of sp³-hybridized carbons (Fsp3) is 0.174. The maximum Gasteiger partial charge on any atom is 0.265 e. The number of halogens is 2. The quantitative estimate of drug-likeness (QED) is 0.392. The zero-order valence-corrected chi connectivity index (χ0v) is 20.0. The lowest BCUT2D eigenvalue weighted by molar-refractivity contribution is 0.0827. The normalized spacial score (nSPS) is 11.0. The zero-order valence-electron chi connectivity index (χ0n) is 17.6. The molecule has 0 aliphatic heterocycles. The van der Waals surface area contributed by atoms with Gasteiger partial charge in [0.25, 0.3) is 11.8 Å². The Hall–Kier alpha value is -2.87. The molecule has 9 heteroatoms. The molecular weight excluding hydrogens is 467 g/mol. The van der Waals surface area contributed by atoms with Crippen LogP contribution in [0, 0.1) is 6.92 Å². The summed E-state index contributed by atoms with van der Waals surface area (Å²) in [5.41, 5.74) is 2.78. The Morgan fingerprint density at radius 1 is 1.09 bits per heavy atom. The number of hydrogen-bond donors (Lipinski definition) is 1. The van der Waals surface area contributed by atoms with E-state index in [1.54, 1.807) is 56.6 Å². The van der Waals surface area contributed by atoms with Gasteiger partial charge in [0.05, 0.1) is 17.1 Å². The Bertz CT molecular complexity index is 1310. The van der Waals surface area contributed by atoms with Crippen LogP contribution in [0.1, 0.15) is 31.3 Å². The van der Waals surface area contributed by atoms with Crippen molar-refractivity contribution in [3.8, 4) is 0 Å². The zero-order chi connectivity index (χ0) is 23.0. The molecule has 0 bridgehead atoms. The lowest BCUT2D eigenvalue weighted by Gasteiger charge is -2.10. The summed E-state index contributed by atoms with van der Waals surface area (Å²) in [6, 6.07) is 14.0. The summed E-state index contributed by atoms with van der Waals surface area (Å²) in [4.78, 5) is 27.8. The highest BCUT2D eigenvalue weighted by atomic mass is 35.5. The number of nitrogens with zero attached hydrogens (tertiary/aromatic N) is 3. The van der Waals surface area contributed by atoms with Crippen LogP contribution in [-0.2, 0) is 6.54 Å². The number of rotatable bonds is 5. The Balaban J connectivity index is 1.57. The van der Waals surface area contributed by atoms with E-state index in [0.717, 1.165) is 21.5 Å². The Morgan fingerprint density at radius 2 is 1.75 bits per heavy atom. The van der Waals surface area contributed by atoms with Gasteiger partial charge in [-0.1, -0.05) is 29.3 Å². The van der Waals surface area contributed by atoms with Crippen LogP contribution in [0.4, 0.5) is 5.69 Å². The van der Waals surface area contributed by atoms with Gasteiger partial charge in [-0.15, -0.1) is 11.3 Å². The standard InChI is InChI=1S/C23H20Cl2N4O2S/c1-13-16-11-20(21(30)26-15-9-7-14(8-10-15)22(31)28(2)3)32-23(16)29(27-13)12-17-18(24)5-4-6-19(17)25/h4-11H,12H2,1-3H3,(H,26,30). The van der Waals surface area contributed by atoms with Crippen LogP contribution >= 0.6 is 34.5 Å². The van der Waals surface area contributed by atoms with E-state index < -0.39 is 0 Å². The topological polar surface area (TPSA) is 67.2 Å². The van der Waals surface area contributed by atoms with Crippen molar-refractivity contribution in [1.29, 1.82) is 0 Å². The third kappa shape index (κ3) is 4.37. The molecule has 0 aliphatic rings. The number of aromatic nitrogens is 2. The summed E-state index contributed by atoms with van der Waals surface area (Å²) in [5, 5.41) is 9.54. The number of aryl methyl sites for hydroxylation is 1. The van der Waals surface area contributed by atoms with E-state index in [4.69, 9.17) is 23.2 Å². The van der Waals surface area contributed by atoms with Gasteiger partial charge in [0.15, 0.2) is 0 Å². The monoisotopic (exact) mass is 486 g/mol. The first-order valence-corrected chi connectivity index (χ1v) is 11.3. The molecule has 6 nitrogen and oxygen atoms in total. The summed E-state index contributed by atoms with van der Waals surface area (Å²) in [6.45, 7) is 2.31. The van der Waals surface area contributed by atoms with E-state index in [-0.39, 0.29) is 11.8 Å². The molecule has 0 spiro atoms. The van der Waals surface area contributed by atoms with E-state index in [2.05, 4.69) is 10.4 Å². The van der Waals surface area contributed by atoms with Crippen molar-refractivity contribution < 1.29 is 9.59 Å². The first-order valence-electron chi connectivity index (χ1n) is 9.77. The molecule has 0 saturated carbocycles. The minimum Gasteiger partial charge on any atom is -0.345 e. The van der Waals surface area contributed by atoms with Gasteiger partial charge >= 0.3 is 0 Å². The molecule has 0 saturated heterocycles. The lowest BCUT2D eigenvalue weighted by atomic mass is 10.2. The number of nitrogens with one attached hydrogen (secondary N) is 1. The van der Waals surface area contributed by atoms with Crippen LogP contribution in [-0.4, -0.2) is 40.6 Å². The Kier molecular flexibility index (Phi) is 6.24. The molecule has 32 heavy (non-hydrogen) atoms. The lowest BCUT2D eigenvalue weighted by Crippen LogP contribution is -2.21. The molecule has 2 aromatic carbocycles. The summed E-state index contributed by atoms with van der Waals surface area (Å²) in [5.74, 6) is -0.314. The second-order valence-corrected chi connectivity index (χ2v) is 9.35. The second kappa shape index (κ2) is 8.94. The molecule has 164 valence electrons. The van der Waals surface area contributed by atoms with E-state index in [1.165, 1.54) is 16.2 Å². The van der Waals surface area contributed by atoms with Gasteiger partial charge < -0.3 is 10.2 Å². The average molecular weight is 487 g/mol. The number of fused-ring (bicyclic) bond motifs is 1. The predicted molar refractivity (Wildman–Crippen MR) is 130 cm³/mol. The molecule has 0 atom stereocenters. The fourth-order valence-corrected chi connectivity index (χ4v) is 4.89. The van der Waals surface area contributed by atoms with Crippen molar-refractivity contribution >= 4 is 62.3 Å². The molecule has 2 amide bonds. The predicted octanol–water partition coefficient (Wildman–Crippen LogP) is 5.72. The van der Waals surface area contributed by atoms with Crippen molar-refractivity contribution in [3.63, 3.8) is 0 Å².